The van der Waals surface area contributed by atoms with Crippen molar-refractivity contribution in [1.82, 2.24) is 10.2 Å². The quantitative estimate of drug-likeness (QED) is 0.685. The third-order valence-electron chi connectivity index (χ3n) is 4.14. The van der Waals surface area contributed by atoms with Gasteiger partial charge in [-0.2, -0.15) is 0 Å². The maximum Gasteiger partial charge on any atom is 0.0223 e. The molecule has 1 aliphatic rings. The fraction of sp³-hybridized carbons (Fsp3) is 1.00. The van der Waals surface area contributed by atoms with Crippen molar-refractivity contribution in [3.05, 3.63) is 0 Å². The molecule has 1 aliphatic carbocycles. The number of nitrogens with zero attached hydrogens (tertiary/aromatic N) is 1. The van der Waals surface area contributed by atoms with Crippen molar-refractivity contribution in [1.29, 1.82) is 0 Å². The molecular weight excluding hydrogens is 232 g/mol. The highest BCUT2D eigenvalue weighted by Crippen LogP contribution is 2.28. The van der Waals surface area contributed by atoms with Crippen LogP contribution in [-0.2, 0) is 0 Å². The maximum absolute atomic E-state index is 3.76. The Morgan fingerprint density at radius 2 is 1.47 bits per heavy atom. The molecule has 0 aromatic heterocycles. The third kappa shape index (κ3) is 6.76. The Bertz CT molecular complexity index is 209. The molecule has 1 saturated carbocycles. The lowest BCUT2D eigenvalue weighted by Crippen LogP contribution is -2.47. The SMILES string of the molecule is CCNC(CN(CC(C)C)CC(C)C)C1CCCC1. The molecule has 1 fully saturated rings. The summed E-state index contributed by atoms with van der Waals surface area (Å²) in [6, 6.07) is 0.713. The van der Waals surface area contributed by atoms with Gasteiger partial charge in [-0.3, -0.25) is 0 Å². The molecule has 2 nitrogen and oxygen atoms in total. The van der Waals surface area contributed by atoms with E-state index in [-0.39, 0.29) is 0 Å². The molecule has 2 heteroatoms. The van der Waals surface area contributed by atoms with Crippen LogP contribution in [0, 0.1) is 17.8 Å². The van der Waals surface area contributed by atoms with Gasteiger partial charge in [-0.15, -0.1) is 0 Å². The highest BCUT2D eigenvalue weighted by Gasteiger charge is 2.26. The fourth-order valence-electron chi connectivity index (χ4n) is 3.54. The summed E-state index contributed by atoms with van der Waals surface area (Å²) in [6.45, 7) is 16.4. The summed E-state index contributed by atoms with van der Waals surface area (Å²) in [5.74, 6) is 2.45. The Kier molecular flexibility index (Phi) is 8.01. The van der Waals surface area contributed by atoms with Crippen molar-refractivity contribution in [3.63, 3.8) is 0 Å². The number of hydrogen-bond donors (Lipinski definition) is 1. The fourth-order valence-corrected chi connectivity index (χ4v) is 3.54. The van der Waals surface area contributed by atoms with E-state index in [9.17, 15) is 0 Å². The Morgan fingerprint density at radius 1 is 0.947 bits per heavy atom. The lowest BCUT2D eigenvalue weighted by atomic mass is 9.96. The van der Waals surface area contributed by atoms with Crippen LogP contribution in [0.1, 0.15) is 60.3 Å². The largest absolute Gasteiger partial charge is 0.313 e. The van der Waals surface area contributed by atoms with E-state index in [0.29, 0.717) is 6.04 Å². The molecule has 114 valence electrons. The van der Waals surface area contributed by atoms with Crippen LogP contribution < -0.4 is 5.32 Å². The molecule has 0 amide bonds. The average molecular weight is 268 g/mol. The van der Waals surface area contributed by atoms with Gasteiger partial charge in [0.1, 0.15) is 0 Å². The molecule has 1 rings (SSSR count). The van der Waals surface area contributed by atoms with Crippen LogP contribution in [0.15, 0.2) is 0 Å². The van der Waals surface area contributed by atoms with Gasteiger partial charge in [0.25, 0.3) is 0 Å². The van der Waals surface area contributed by atoms with Crippen molar-refractivity contribution in [2.24, 2.45) is 17.8 Å². The van der Waals surface area contributed by atoms with Crippen molar-refractivity contribution in [3.8, 4) is 0 Å². The van der Waals surface area contributed by atoms with E-state index in [1.807, 2.05) is 0 Å². The van der Waals surface area contributed by atoms with Crippen LogP contribution in [0.3, 0.4) is 0 Å². The predicted molar refractivity (Wildman–Crippen MR) is 85.5 cm³/mol. The molecule has 1 atom stereocenters. The summed E-state index contributed by atoms with van der Waals surface area (Å²) >= 11 is 0. The number of rotatable bonds is 9. The van der Waals surface area contributed by atoms with Gasteiger partial charge in [0, 0.05) is 25.7 Å². The first kappa shape index (κ1) is 17.0. The number of nitrogens with one attached hydrogen (secondary N) is 1. The van der Waals surface area contributed by atoms with Crippen molar-refractivity contribution >= 4 is 0 Å². The molecule has 1 unspecified atom stereocenters. The summed E-state index contributed by atoms with van der Waals surface area (Å²) in [5.41, 5.74) is 0. The van der Waals surface area contributed by atoms with Gasteiger partial charge < -0.3 is 10.2 Å². The van der Waals surface area contributed by atoms with Crippen LogP contribution in [0.25, 0.3) is 0 Å². The Balaban J connectivity index is 2.54. The molecule has 0 heterocycles. The molecule has 0 spiro atoms. The van der Waals surface area contributed by atoms with Crippen LogP contribution in [0.5, 0.6) is 0 Å². The topological polar surface area (TPSA) is 15.3 Å². The van der Waals surface area contributed by atoms with Gasteiger partial charge in [0.2, 0.25) is 0 Å². The lowest BCUT2D eigenvalue weighted by Gasteiger charge is -2.33. The smallest absolute Gasteiger partial charge is 0.0223 e. The monoisotopic (exact) mass is 268 g/mol. The highest BCUT2D eigenvalue weighted by atomic mass is 15.2. The molecule has 0 bridgehead atoms. The zero-order valence-electron chi connectivity index (χ0n) is 13.9. The van der Waals surface area contributed by atoms with E-state index < -0.39 is 0 Å². The Hall–Kier alpha value is -0.0800. The van der Waals surface area contributed by atoms with Crippen molar-refractivity contribution in [2.75, 3.05) is 26.2 Å². The van der Waals surface area contributed by atoms with Gasteiger partial charge in [-0.25, -0.2) is 0 Å². The van der Waals surface area contributed by atoms with E-state index >= 15 is 0 Å². The highest BCUT2D eigenvalue weighted by molar-refractivity contribution is 4.83. The van der Waals surface area contributed by atoms with E-state index in [2.05, 4.69) is 44.8 Å². The summed E-state index contributed by atoms with van der Waals surface area (Å²) in [6.07, 6.45) is 5.77. The minimum absolute atomic E-state index is 0.713. The zero-order chi connectivity index (χ0) is 14.3. The standard InChI is InChI=1S/C17H36N2/c1-6-18-17(16-9-7-8-10-16)13-19(11-14(2)3)12-15(4)5/h14-18H,6-13H2,1-5H3. The van der Waals surface area contributed by atoms with E-state index in [1.165, 1.54) is 45.3 Å². The van der Waals surface area contributed by atoms with Gasteiger partial charge in [0.05, 0.1) is 0 Å². The molecule has 1 N–H and O–H groups in total. The molecule has 0 saturated heterocycles. The first-order valence-electron chi connectivity index (χ1n) is 8.48. The van der Waals surface area contributed by atoms with Crippen molar-refractivity contribution < 1.29 is 0 Å². The second-order valence-corrected chi connectivity index (χ2v) is 7.21. The van der Waals surface area contributed by atoms with Crippen LogP contribution in [0.4, 0.5) is 0 Å². The second-order valence-electron chi connectivity index (χ2n) is 7.21. The average Bonchev–Trinajstić information content (AvgIpc) is 2.79. The minimum Gasteiger partial charge on any atom is -0.313 e. The molecule has 0 aromatic carbocycles. The first-order chi connectivity index (χ1) is 9.02. The molecule has 0 aliphatic heterocycles. The van der Waals surface area contributed by atoms with E-state index in [0.717, 1.165) is 24.3 Å². The van der Waals surface area contributed by atoms with Gasteiger partial charge >= 0.3 is 0 Å². The molecular formula is C17H36N2. The summed E-state index contributed by atoms with van der Waals surface area (Å²) in [7, 11) is 0. The predicted octanol–water partition coefficient (Wildman–Crippen LogP) is 3.77. The Labute approximate surface area is 121 Å². The lowest BCUT2D eigenvalue weighted by molar-refractivity contribution is 0.175. The second kappa shape index (κ2) is 8.97. The summed E-state index contributed by atoms with van der Waals surface area (Å²) in [5, 5.41) is 3.76. The zero-order valence-corrected chi connectivity index (χ0v) is 13.9. The first-order valence-corrected chi connectivity index (χ1v) is 8.48. The van der Waals surface area contributed by atoms with E-state index in [1.54, 1.807) is 0 Å². The number of likely N-dealkylation sites (N-methyl/N-ethyl adjacent to an activating group) is 1. The van der Waals surface area contributed by atoms with Crippen LogP contribution in [-0.4, -0.2) is 37.1 Å². The van der Waals surface area contributed by atoms with Gasteiger partial charge in [0.15, 0.2) is 0 Å². The van der Waals surface area contributed by atoms with Crippen LogP contribution >= 0.6 is 0 Å². The van der Waals surface area contributed by atoms with Crippen molar-refractivity contribution in [2.45, 2.75) is 66.3 Å². The van der Waals surface area contributed by atoms with Crippen LogP contribution in [0.2, 0.25) is 0 Å². The maximum atomic E-state index is 3.76. The molecule has 0 radical (unpaired) electrons. The van der Waals surface area contributed by atoms with Gasteiger partial charge in [-0.05, 0) is 37.1 Å². The summed E-state index contributed by atoms with van der Waals surface area (Å²) < 4.78 is 0. The Morgan fingerprint density at radius 3 is 1.89 bits per heavy atom. The van der Waals surface area contributed by atoms with E-state index in [4.69, 9.17) is 0 Å². The van der Waals surface area contributed by atoms with Gasteiger partial charge in [-0.1, -0.05) is 47.5 Å². The number of hydrogen-bond acceptors (Lipinski definition) is 2. The molecule has 0 aromatic rings. The summed E-state index contributed by atoms with van der Waals surface area (Å²) in [4.78, 5) is 2.70. The normalized spacial score (nSPS) is 18.9. The third-order valence-corrected chi connectivity index (χ3v) is 4.14. The minimum atomic E-state index is 0.713. The molecule has 19 heavy (non-hydrogen) atoms.